The number of rotatable bonds is 5. The van der Waals surface area contributed by atoms with Crippen molar-refractivity contribution < 1.29 is 11.0 Å². The van der Waals surface area contributed by atoms with E-state index in [0.717, 1.165) is 5.69 Å². The van der Waals surface area contributed by atoms with Gasteiger partial charge in [-0.3, -0.25) is 4.98 Å². The monoisotopic (exact) mass is 251 g/mol. The first-order chi connectivity index (χ1) is 8.66. The van der Waals surface area contributed by atoms with Crippen LogP contribution in [0.1, 0.15) is 26.8 Å². The maximum Gasteiger partial charge on any atom is 0.409 e. The van der Waals surface area contributed by atoms with Crippen LogP contribution in [-0.4, -0.2) is 42.2 Å². The Kier molecular flexibility index (Phi) is 4.02. The Bertz CT molecular complexity index is 426. The van der Waals surface area contributed by atoms with Gasteiger partial charge in [-0.15, -0.1) is 0 Å². The lowest BCUT2D eigenvalue weighted by molar-refractivity contribution is 0.159. The maximum absolute atomic E-state index is 11.2. The summed E-state index contributed by atoms with van der Waals surface area (Å²) in [6, 6.07) is 2.10. The Balaban J connectivity index is 0.00000180. The van der Waals surface area contributed by atoms with Gasteiger partial charge in [-0.25, -0.2) is 4.79 Å². The predicted octanol–water partition coefficient (Wildman–Crippen LogP) is 2.32. The molecule has 0 spiro atoms. The number of carbonyl (C=O) groups is 1. The first kappa shape index (κ1) is 12.7. The van der Waals surface area contributed by atoms with Crippen LogP contribution in [0, 0.1) is 0 Å². The summed E-state index contributed by atoms with van der Waals surface area (Å²) in [6.45, 7) is 6.83. The molecule has 0 unspecified atom stereocenters. The molecular weight excluding hydrogens is 230 g/mol. The van der Waals surface area contributed by atoms with Gasteiger partial charge in [-0.1, -0.05) is 13.8 Å². The van der Waals surface area contributed by atoms with Crippen LogP contribution in [0.15, 0.2) is 18.5 Å². The number of hydrogen-bond donors (Lipinski definition) is 1. The second-order valence-electron chi connectivity index (χ2n) is 4.69. The van der Waals surface area contributed by atoms with Crippen molar-refractivity contribution in [1.82, 2.24) is 9.88 Å². The highest BCUT2D eigenvalue weighted by Gasteiger charge is 2.20. The minimum absolute atomic E-state index is 0. The Hall–Kier alpha value is -1.78. The highest BCUT2D eigenvalue weighted by molar-refractivity contribution is 5.69. The van der Waals surface area contributed by atoms with Crippen molar-refractivity contribution in [3.05, 3.63) is 24.0 Å². The zero-order chi connectivity index (χ0) is 13.0. The maximum atomic E-state index is 11.2. The molecule has 0 saturated carbocycles. The lowest BCUT2D eigenvalue weighted by Gasteiger charge is -2.14. The third-order valence-corrected chi connectivity index (χ3v) is 2.98. The molecular formula is C13H21N3O2. The normalized spacial score (nSPS) is 15.1. The van der Waals surface area contributed by atoms with Crippen molar-refractivity contribution >= 4 is 11.8 Å². The van der Waals surface area contributed by atoms with Crippen LogP contribution in [0.25, 0.3) is 0 Å². The number of nitrogens with one attached hydrogen (secondary N) is 1. The van der Waals surface area contributed by atoms with Crippen molar-refractivity contribution in [1.29, 1.82) is 0 Å². The summed E-state index contributed by atoms with van der Waals surface area (Å²) < 4.78 is 4.87. The van der Waals surface area contributed by atoms with E-state index in [1.54, 1.807) is 11.1 Å². The van der Waals surface area contributed by atoms with Crippen LogP contribution in [0.5, 0.6) is 0 Å². The number of hydrogen-bond acceptors (Lipinski definition) is 4. The molecule has 0 aliphatic carbocycles. The van der Waals surface area contributed by atoms with Crippen LogP contribution in [0.3, 0.4) is 0 Å². The van der Waals surface area contributed by atoms with Crippen molar-refractivity contribution in [3.8, 4) is 0 Å². The molecule has 1 aromatic heterocycles. The lowest BCUT2D eigenvalue weighted by Crippen LogP contribution is -2.29. The highest BCUT2D eigenvalue weighted by Crippen LogP contribution is 2.16. The average molecular weight is 251 g/mol. The number of aromatic nitrogens is 1. The van der Waals surface area contributed by atoms with Gasteiger partial charge in [0.1, 0.15) is 6.61 Å². The van der Waals surface area contributed by atoms with Gasteiger partial charge in [-0.05, 0) is 17.5 Å². The third-order valence-electron chi connectivity index (χ3n) is 2.98. The molecule has 1 amide bonds. The molecule has 5 heteroatoms. The quantitative estimate of drug-likeness (QED) is 0.872. The molecule has 2 heterocycles. The highest BCUT2D eigenvalue weighted by atomic mass is 16.6. The summed E-state index contributed by atoms with van der Waals surface area (Å²) in [7, 11) is 0. The minimum atomic E-state index is -0.217. The van der Waals surface area contributed by atoms with E-state index in [-0.39, 0.29) is 7.52 Å². The zero-order valence-corrected chi connectivity index (χ0v) is 10.8. The van der Waals surface area contributed by atoms with Crippen molar-refractivity contribution in [2.45, 2.75) is 19.8 Å². The summed E-state index contributed by atoms with van der Waals surface area (Å²) in [6.07, 6.45) is 3.47. The van der Waals surface area contributed by atoms with Gasteiger partial charge < -0.3 is 15.0 Å². The van der Waals surface area contributed by atoms with Crippen molar-refractivity contribution in [3.63, 3.8) is 0 Å². The van der Waals surface area contributed by atoms with Crippen molar-refractivity contribution in [2.24, 2.45) is 0 Å². The van der Waals surface area contributed by atoms with E-state index in [1.807, 2.05) is 6.20 Å². The zero-order valence-electron chi connectivity index (χ0n) is 10.8. The van der Waals surface area contributed by atoms with Crippen LogP contribution >= 0.6 is 0 Å². The van der Waals surface area contributed by atoms with Gasteiger partial charge in [0.25, 0.3) is 0 Å². The second-order valence-corrected chi connectivity index (χ2v) is 4.69. The number of pyridine rings is 1. The lowest BCUT2D eigenvalue weighted by atomic mass is 10.1. The molecule has 5 nitrogen and oxygen atoms in total. The molecule has 0 atom stereocenters. The van der Waals surface area contributed by atoms with E-state index in [4.69, 9.17) is 4.74 Å². The van der Waals surface area contributed by atoms with E-state index >= 15 is 0 Å². The SMILES string of the molecule is CC(C)c1cncc(NCCN2CCOC2=O)c1.[HH]. The van der Waals surface area contributed by atoms with Crippen LogP contribution in [-0.2, 0) is 4.74 Å². The number of anilines is 1. The Labute approximate surface area is 109 Å². The second kappa shape index (κ2) is 5.71. The fourth-order valence-corrected chi connectivity index (χ4v) is 1.83. The first-order valence-corrected chi connectivity index (χ1v) is 6.27. The van der Waals surface area contributed by atoms with E-state index in [2.05, 4.69) is 30.2 Å². The molecule has 1 fully saturated rings. The molecule has 1 aliphatic rings. The smallest absolute Gasteiger partial charge is 0.409 e. The van der Waals surface area contributed by atoms with Crippen LogP contribution < -0.4 is 5.32 Å². The summed E-state index contributed by atoms with van der Waals surface area (Å²) in [5.74, 6) is 0.466. The molecule has 0 aromatic carbocycles. The summed E-state index contributed by atoms with van der Waals surface area (Å²) in [5.41, 5.74) is 2.20. The molecule has 100 valence electrons. The topological polar surface area (TPSA) is 54.5 Å². The number of cyclic esters (lactones) is 1. The fourth-order valence-electron chi connectivity index (χ4n) is 1.83. The van der Waals surface area contributed by atoms with Crippen LogP contribution in [0.2, 0.25) is 0 Å². The Morgan fingerprint density at radius 2 is 2.39 bits per heavy atom. The van der Waals surface area contributed by atoms with Gasteiger partial charge in [0.15, 0.2) is 0 Å². The summed E-state index contributed by atoms with van der Waals surface area (Å²) in [5, 5.41) is 3.28. The van der Waals surface area contributed by atoms with Gasteiger partial charge in [-0.2, -0.15) is 0 Å². The average Bonchev–Trinajstić information content (AvgIpc) is 2.76. The Morgan fingerprint density at radius 3 is 3.06 bits per heavy atom. The fraction of sp³-hybridized carbons (Fsp3) is 0.538. The van der Waals surface area contributed by atoms with E-state index in [0.29, 0.717) is 32.2 Å². The third kappa shape index (κ3) is 3.12. The standard InChI is InChI=1S/C13H19N3O2.H2/c1-10(2)11-7-12(9-14-8-11)15-3-4-16-5-6-18-13(16)17;/h7-10,15H,3-6H2,1-2H3;1H. The van der Waals surface area contributed by atoms with Gasteiger partial charge in [0.2, 0.25) is 0 Å². The van der Waals surface area contributed by atoms with Crippen LogP contribution in [0.4, 0.5) is 10.5 Å². The van der Waals surface area contributed by atoms with Crippen molar-refractivity contribution in [2.75, 3.05) is 31.6 Å². The van der Waals surface area contributed by atoms with Gasteiger partial charge in [0, 0.05) is 26.9 Å². The number of ether oxygens (including phenoxy) is 1. The molecule has 0 radical (unpaired) electrons. The number of nitrogens with zero attached hydrogens (tertiary/aromatic N) is 2. The molecule has 1 N–H and O–H groups in total. The van der Waals surface area contributed by atoms with E-state index in [1.165, 1.54) is 5.56 Å². The number of carbonyl (C=O) groups excluding carboxylic acids is 1. The van der Waals surface area contributed by atoms with E-state index in [9.17, 15) is 4.79 Å². The largest absolute Gasteiger partial charge is 0.448 e. The summed E-state index contributed by atoms with van der Waals surface area (Å²) >= 11 is 0. The Morgan fingerprint density at radius 1 is 1.56 bits per heavy atom. The number of amides is 1. The molecule has 1 aromatic rings. The first-order valence-electron chi connectivity index (χ1n) is 6.27. The predicted molar refractivity (Wildman–Crippen MR) is 71.9 cm³/mol. The summed E-state index contributed by atoms with van der Waals surface area (Å²) in [4.78, 5) is 17.1. The van der Waals surface area contributed by atoms with Gasteiger partial charge in [0.05, 0.1) is 12.2 Å². The molecule has 1 aliphatic heterocycles. The van der Waals surface area contributed by atoms with E-state index < -0.39 is 0 Å². The molecule has 0 bridgehead atoms. The molecule has 18 heavy (non-hydrogen) atoms. The molecule has 2 rings (SSSR count). The van der Waals surface area contributed by atoms with Gasteiger partial charge >= 0.3 is 6.09 Å². The minimum Gasteiger partial charge on any atom is -0.448 e. The molecule has 1 saturated heterocycles.